The van der Waals surface area contributed by atoms with E-state index in [9.17, 15) is 13.2 Å². The third-order valence-electron chi connectivity index (χ3n) is 6.59. The number of nitriles is 1. The SMILES string of the molecule is Cc1nn(-c2cc(Cc3c(C)c(-c4ccc(C#N)cc4)nn3CC3CC3)ncn2)c(C)c1C(F)(F)F. The maximum absolute atomic E-state index is 13.5. The fourth-order valence-corrected chi connectivity index (χ4v) is 4.53. The summed E-state index contributed by atoms with van der Waals surface area (Å²) in [6.45, 7) is 5.55. The molecule has 0 aliphatic heterocycles. The van der Waals surface area contributed by atoms with E-state index in [0.29, 0.717) is 23.6 Å². The second-order valence-electron chi connectivity index (χ2n) is 9.23. The smallest absolute Gasteiger partial charge is 0.268 e. The fraction of sp³-hybridized carbons (Fsp3) is 0.346. The number of alkyl halides is 3. The minimum Gasteiger partial charge on any atom is -0.268 e. The van der Waals surface area contributed by atoms with Gasteiger partial charge in [-0.1, -0.05) is 12.1 Å². The highest BCUT2D eigenvalue weighted by Crippen LogP contribution is 2.35. The molecule has 7 nitrogen and oxygen atoms in total. The summed E-state index contributed by atoms with van der Waals surface area (Å²) in [5.41, 5.74) is 4.17. The molecule has 10 heteroatoms. The molecule has 1 aromatic carbocycles. The molecule has 0 amide bonds. The molecule has 0 spiro atoms. The second-order valence-corrected chi connectivity index (χ2v) is 9.23. The number of benzene rings is 1. The normalized spacial score (nSPS) is 13.7. The van der Waals surface area contributed by atoms with Crippen molar-refractivity contribution < 1.29 is 13.2 Å². The first-order valence-corrected chi connectivity index (χ1v) is 11.7. The number of aryl methyl sites for hydroxylation is 1. The Balaban J connectivity index is 1.51. The van der Waals surface area contributed by atoms with Crippen molar-refractivity contribution in [3.05, 3.63) is 76.1 Å². The molecular formula is C26H24F3N7. The Hall–Kier alpha value is -4.00. The van der Waals surface area contributed by atoms with E-state index in [-0.39, 0.29) is 17.2 Å². The van der Waals surface area contributed by atoms with Crippen molar-refractivity contribution in [2.24, 2.45) is 5.92 Å². The second kappa shape index (κ2) is 8.90. The van der Waals surface area contributed by atoms with Crippen LogP contribution in [0.15, 0.2) is 36.7 Å². The molecule has 0 bridgehead atoms. The number of aromatic nitrogens is 6. The number of rotatable bonds is 6. The molecule has 1 aliphatic rings. The molecular weight excluding hydrogens is 467 g/mol. The van der Waals surface area contributed by atoms with E-state index in [2.05, 4.69) is 21.1 Å². The van der Waals surface area contributed by atoms with Gasteiger partial charge in [-0.25, -0.2) is 14.6 Å². The highest BCUT2D eigenvalue weighted by Gasteiger charge is 2.37. The van der Waals surface area contributed by atoms with Gasteiger partial charge in [0.05, 0.1) is 40.0 Å². The minimum absolute atomic E-state index is 0.0114. The van der Waals surface area contributed by atoms with Crippen LogP contribution in [0.2, 0.25) is 0 Å². The lowest BCUT2D eigenvalue weighted by molar-refractivity contribution is -0.138. The molecule has 3 heterocycles. The van der Waals surface area contributed by atoms with E-state index in [0.717, 1.165) is 29.1 Å². The molecule has 0 unspecified atom stereocenters. The summed E-state index contributed by atoms with van der Waals surface area (Å²) in [5.74, 6) is 0.877. The summed E-state index contributed by atoms with van der Waals surface area (Å²) in [5, 5.41) is 18.1. The Morgan fingerprint density at radius 1 is 1.06 bits per heavy atom. The Labute approximate surface area is 206 Å². The van der Waals surface area contributed by atoms with Crippen LogP contribution in [-0.2, 0) is 19.1 Å². The van der Waals surface area contributed by atoms with Crippen molar-refractivity contribution in [2.75, 3.05) is 0 Å². The van der Waals surface area contributed by atoms with Crippen molar-refractivity contribution in [1.29, 1.82) is 5.26 Å². The van der Waals surface area contributed by atoms with Crippen LogP contribution in [0.1, 0.15) is 52.3 Å². The predicted octanol–water partition coefficient (Wildman–Crippen LogP) is 5.34. The average Bonchev–Trinajstić information content (AvgIpc) is 3.54. The van der Waals surface area contributed by atoms with Crippen molar-refractivity contribution in [3.8, 4) is 23.1 Å². The molecule has 1 saturated carbocycles. The Morgan fingerprint density at radius 3 is 2.39 bits per heavy atom. The van der Waals surface area contributed by atoms with E-state index in [4.69, 9.17) is 10.4 Å². The molecule has 5 rings (SSSR count). The van der Waals surface area contributed by atoms with E-state index in [1.165, 1.54) is 37.7 Å². The van der Waals surface area contributed by atoms with E-state index in [1.54, 1.807) is 18.2 Å². The van der Waals surface area contributed by atoms with Crippen molar-refractivity contribution in [3.63, 3.8) is 0 Å². The van der Waals surface area contributed by atoms with Crippen molar-refractivity contribution in [2.45, 2.75) is 52.8 Å². The highest BCUT2D eigenvalue weighted by atomic mass is 19.4. The molecule has 0 radical (unpaired) electrons. The third kappa shape index (κ3) is 4.49. The zero-order valence-corrected chi connectivity index (χ0v) is 20.1. The number of hydrogen-bond donors (Lipinski definition) is 0. The Bertz CT molecular complexity index is 1470. The van der Waals surface area contributed by atoms with Gasteiger partial charge in [0.2, 0.25) is 0 Å². The monoisotopic (exact) mass is 491 g/mol. The summed E-state index contributed by atoms with van der Waals surface area (Å²) in [6.07, 6.45) is -0.352. The Kier molecular flexibility index (Phi) is 5.86. The number of halogens is 3. The zero-order chi connectivity index (χ0) is 25.6. The van der Waals surface area contributed by atoms with Gasteiger partial charge in [-0.05, 0) is 57.2 Å². The largest absolute Gasteiger partial charge is 0.419 e. The van der Waals surface area contributed by atoms with Gasteiger partial charge in [-0.3, -0.25) is 4.68 Å². The standard InChI is InChI=1S/C26H24F3N7/c1-15-22(35(13-19-4-5-19)34-25(15)20-8-6-18(12-30)7-9-20)10-21-11-23(32-14-31-21)36-17(3)24(16(2)33-36)26(27,28)29/h6-9,11,14,19H,4-5,10,13H2,1-3H3. The van der Waals surface area contributed by atoms with E-state index < -0.39 is 11.7 Å². The quantitative estimate of drug-likeness (QED) is 0.363. The van der Waals surface area contributed by atoms with Gasteiger partial charge in [-0.15, -0.1) is 0 Å². The fourth-order valence-electron chi connectivity index (χ4n) is 4.53. The summed E-state index contributed by atoms with van der Waals surface area (Å²) in [6, 6.07) is 11.1. The molecule has 36 heavy (non-hydrogen) atoms. The van der Waals surface area contributed by atoms with Crippen molar-refractivity contribution in [1.82, 2.24) is 29.5 Å². The van der Waals surface area contributed by atoms with Gasteiger partial charge >= 0.3 is 6.18 Å². The van der Waals surface area contributed by atoms with E-state index in [1.807, 2.05) is 23.7 Å². The first kappa shape index (κ1) is 23.7. The lowest BCUT2D eigenvalue weighted by atomic mass is 10.0. The molecule has 0 saturated heterocycles. The molecule has 1 fully saturated rings. The molecule has 184 valence electrons. The lowest BCUT2D eigenvalue weighted by Gasteiger charge is -2.10. The van der Waals surface area contributed by atoms with Gasteiger partial charge in [-0.2, -0.15) is 28.6 Å². The molecule has 3 aromatic heterocycles. The zero-order valence-electron chi connectivity index (χ0n) is 20.1. The Morgan fingerprint density at radius 2 is 1.78 bits per heavy atom. The van der Waals surface area contributed by atoms with Crippen LogP contribution < -0.4 is 0 Å². The topological polar surface area (TPSA) is 85.2 Å². The van der Waals surface area contributed by atoms with Crippen molar-refractivity contribution >= 4 is 0 Å². The molecule has 0 N–H and O–H groups in total. The van der Waals surface area contributed by atoms with Crippen LogP contribution in [0.25, 0.3) is 17.1 Å². The minimum atomic E-state index is -4.49. The van der Waals surface area contributed by atoms with Crippen LogP contribution in [-0.4, -0.2) is 29.5 Å². The third-order valence-corrected chi connectivity index (χ3v) is 6.59. The van der Waals surface area contributed by atoms with Crippen LogP contribution >= 0.6 is 0 Å². The van der Waals surface area contributed by atoms with Crippen LogP contribution in [0.5, 0.6) is 0 Å². The molecule has 1 aliphatic carbocycles. The lowest BCUT2D eigenvalue weighted by Crippen LogP contribution is -2.10. The predicted molar refractivity (Wildman–Crippen MR) is 126 cm³/mol. The summed E-state index contributed by atoms with van der Waals surface area (Å²) < 4.78 is 43.7. The van der Waals surface area contributed by atoms with Gasteiger partial charge in [0.25, 0.3) is 0 Å². The number of nitrogens with zero attached hydrogens (tertiary/aromatic N) is 7. The van der Waals surface area contributed by atoms with Gasteiger partial charge < -0.3 is 0 Å². The first-order chi connectivity index (χ1) is 17.2. The molecule has 0 atom stereocenters. The average molecular weight is 492 g/mol. The van der Waals surface area contributed by atoms with Crippen LogP contribution in [0.4, 0.5) is 13.2 Å². The first-order valence-electron chi connectivity index (χ1n) is 11.7. The summed E-state index contributed by atoms with van der Waals surface area (Å²) in [4.78, 5) is 8.59. The van der Waals surface area contributed by atoms with E-state index >= 15 is 0 Å². The van der Waals surface area contributed by atoms with Crippen LogP contribution in [0, 0.1) is 38.0 Å². The van der Waals surface area contributed by atoms with Crippen LogP contribution in [0.3, 0.4) is 0 Å². The maximum atomic E-state index is 13.5. The maximum Gasteiger partial charge on any atom is 0.419 e. The van der Waals surface area contributed by atoms with Gasteiger partial charge in [0, 0.05) is 30.3 Å². The summed E-state index contributed by atoms with van der Waals surface area (Å²) in [7, 11) is 0. The van der Waals surface area contributed by atoms with Gasteiger partial charge in [0.1, 0.15) is 6.33 Å². The van der Waals surface area contributed by atoms with Gasteiger partial charge in [0.15, 0.2) is 5.82 Å². The molecule has 4 aromatic rings. The highest BCUT2D eigenvalue weighted by molar-refractivity contribution is 5.65. The summed E-state index contributed by atoms with van der Waals surface area (Å²) >= 11 is 0. The number of hydrogen-bond acceptors (Lipinski definition) is 5.